The number of rotatable bonds is 7. The molecule has 2 aromatic carbocycles. The van der Waals surface area contributed by atoms with Crippen LogP contribution in [0, 0.1) is 5.82 Å². The lowest BCUT2D eigenvalue weighted by Gasteiger charge is -2.11. The third kappa shape index (κ3) is 4.40. The van der Waals surface area contributed by atoms with Crippen LogP contribution in [-0.2, 0) is 19.7 Å². The topological polar surface area (TPSA) is 38.7 Å². The van der Waals surface area contributed by atoms with Gasteiger partial charge in [-0.25, -0.2) is 4.39 Å². The summed E-state index contributed by atoms with van der Waals surface area (Å²) < 4.78 is 19.5. The molecule has 0 aliphatic carbocycles. The van der Waals surface area contributed by atoms with Gasteiger partial charge in [0.2, 0.25) is 0 Å². The lowest BCUT2D eigenvalue weighted by Crippen LogP contribution is -2.80. The summed E-state index contributed by atoms with van der Waals surface area (Å²) in [5.41, 5.74) is 2.89. The Morgan fingerprint density at radius 3 is 2.33 bits per heavy atom. The molecule has 0 amide bonds. The fourth-order valence-corrected chi connectivity index (χ4v) is 2.50. The van der Waals surface area contributed by atoms with Crippen LogP contribution in [0.5, 0.6) is 5.75 Å². The van der Waals surface area contributed by atoms with E-state index in [2.05, 4.69) is 10.3 Å². The molecule has 0 saturated heterocycles. The molecule has 0 fully saturated rings. The van der Waals surface area contributed by atoms with Crippen molar-refractivity contribution >= 4 is 0 Å². The molecular formula is C20H20FN2O+. The highest BCUT2D eigenvalue weighted by Crippen LogP contribution is 2.19. The number of hydrogen-bond donors (Lipinski definition) is 1. The third-order valence-electron chi connectivity index (χ3n) is 3.81. The van der Waals surface area contributed by atoms with Gasteiger partial charge in [0.1, 0.15) is 31.3 Å². The predicted molar refractivity (Wildman–Crippen MR) is 90.7 cm³/mol. The molecule has 2 N–H and O–H groups in total. The van der Waals surface area contributed by atoms with Crippen molar-refractivity contribution in [2.24, 2.45) is 0 Å². The van der Waals surface area contributed by atoms with Gasteiger partial charge in [0, 0.05) is 29.1 Å². The molecule has 0 saturated carbocycles. The molecule has 4 heteroatoms. The number of ether oxygens (including phenoxy) is 1. The number of halogens is 1. The van der Waals surface area contributed by atoms with Gasteiger partial charge in [-0.15, -0.1) is 0 Å². The minimum atomic E-state index is -0.237. The molecule has 0 bridgehead atoms. The molecule has 0 unspecified atom stereocenters. The zero-order valence-electron chi connectivity index (χ0n) is 13.4. The van der Waals surface area contributed by atoms with E-state index in [0.717, 1.165) is 24.4 Å². The summed E-state index contributed by atoms with van der Waals surface area (Å²) in [5.74, 6) is 0.561. The Bertz CT molecular complexity index is 777. The number of para-hydroxylation sites is 1. The number of hydrogen-bond acceptors (Lipinski definition) is 2. The van der Waals surface area contributed by atoms with Gasteiger partial charge in [-0.3, -0.25) is 4.98 Å². The first-order valence-corrected chi connectivity index (χ1v) is 7.97. The van der Waals surface area contributed by atoms with Crippen LogP contribution in [-0.4, -0.2) is 4.98 Å². The van der Waals surface area contributed by atoms with Gasteiger partial charge in [-0.2, -0.15) is 0 Å². The van der Waals surface area contributed by atoms with E-state index < -0.39 is 0 Å². The highest BCUT2D eigenvalue weighted by atomic mass is 19.1. The molecule has 122 valence electrons. The van der Waals surface area contributed by atoms with Crippen LogP contribution in [0.25, 0.3) is 0 Å². The molecule has 0 spiro atoms. The molecule has 0 aliphatic heterocycles. The number of aromatic nitrogens is 1. The molecular weight excluding hydrogens is 303 g/mol. The Hall–Kier alpha value is -2.72. The molecule has 1 aromatic heterocycles. The molecule has 0 atom stereocenters. The van der Waals surface area contributed by atoms with Crippen molar-refractivity contribution in [3.63, 3.8) is 0 Å². The first kappa shape index (κ1) is 16.1. The number of pyridine rings is 1. The van der Waals surface area contributed by atoms with Gasteiger partial charge in [-0.1, -0.05) is 30.3 Å². The average molecular weight is 323 g/mol. The fraction of sp³-hybridized carbons (Fsp3) is 0.150. The number of benzene rings is 2. The normalized spacial score (nSPS) is 10.5. The minimum Gasteiger partial charge on any atom is -0.488 e. The van der Waals surface area contributed by atoms with E-state index in [-0.39, 0.29) is 12.4 Å². The molecule has 3 nitrogen and oxygen atoms in total. The maximum atomic E-state index is 13.7. The highest BCUT2D eigenvalue weighted by Gasteiger charge is 2.07. The van der Waals surface area contributed by atoms with Crippen LogP contribution < -0.4 is 10.1 Å². The van der Waals surface area contributed by atoms with E-state index in [1.807, 2.05) is 42.5 Å². The van der Waals surface area contributed by atoms with Crippen molar-refractivity contribution in [1.29, 1.82) is 0 Å². The molecule has 0 aliphatic rings. The van der Waals surface area contributed by atoms with Crippen LogP contribution in [0.3, 0.4) is 0 Å². The average Bonchev–Trinajstić information content (AvgIpc) is 2.63. The van der Waals surface area contributed by atoms with E-state index in [0.29, 0.717) is 5.56 Å². The van der Waals surface area contributed by atoms with Crippen LogP contribution in [0.4, 0.5) is 4.39 Å². The summed E-state index contributed by atoms with van der Waals surface area (Å²) in [4.78, 5) is 4.02. The van der Waals surface area contributed by atoms with E-state index in [1.165, 1.54) is 11.6 Å². The van der Waals surface area contributed by atoms with Gasteiger partial charge in [0.25, 0.3) is 0 Å². The van der Waals surface area contributed by atoms with Crippen molar-refractivity contribution in [3.05, 3.63) is 95.6 Å². The maximum Gasteiger partial charge on any atom is 0.129 e. The molecule has 1 heterocycles. The molecule has 3 rings (SSSR count). The second-order valence-electron chi connectivity index (χ2n) is 5.54. The standard InChI is InChI=1S/C20H19FN2O/c21-19-7-3-1-6-18(19)15-24-20-8-4-2-5-17(20)14-23-13-16-9-11-22-12-10-16/h1-12,23H,13-15H2/p+1. The highest BCUT2D eigenvalue weighted by molar-refractivity contribution is 5.33. The van der Waals surface area contributed by atoms with Crippen molar-refractivity contribution in [3.8, 4) is 5.75 Å². The van der Waals surface area contributed by atoms with Crippen molar-refractivity contribution in [1.82, 2.24) is 4.98 Å². The lowest BCUT2D eigenvalue weighted by molar-refractivity contribution is -0.686. The van der Waals surface area contributed by atoms with E-state index >= 15 is 0 Å². The summed E-state index contributed by atoms with van der Waals surface area (Å²) in [6.45, 7) is 1.91. The smallest absolute Gasteiger partial charge is 0.129 e. The fourth-order valence-electron chi connectivity index (χ4n) is 2.50. The number of nitrogens with two attached hydrogens (primary N) is 1. The maximum absolute atomic E-state index is 13.7. The Labute approximate surface area is 141 Å². The van der Waals surface area contributed by atoms with E-state index in [1.54, 1.807) is 24.5 Å². The Morgan fingerprint density at radius 2 is 1.54 bits per heavy atom. The monoisotopic (exact) mass is 323 g/mol. The second-order valence-corrected chi connectivity index (χ2v) is 5.54. The Kier molecular flexibility index (Phi) is 5.53. The first-order valence-electron chi connectivity index (χ1n) is 7.97. The number of quaternary nitrogens is 1. The van der Waals surface area contributed by atoms with Crippen molar-refractivity contribution in [2.75, 3.05) is 0 Å². The Balaban J connectivity index is 1.59. The van der Waals surface area contributed by atoms with Gasteiger partial charge < -0.3 is 10.1 Å². The van der Waals surface area contributed by atoms with E-state index in [9.17, 15) is 4.39 Å². The SMILES string of the molecule is Fc1ccccc1COc1ccccc1C[NH2+]Cc1ccncc1. The second kappa shape index (κ2) is 8.22. The molecule has 3 aromatic rings. The summed E-state index contributed by atoms with van der Waals surface area (Å²) in [7, 11) is 0. The summed E-state index contributed by atoms with van der Waals surface area (Å²) in [6, 6.07) is 18.6. The number of nitrogens with zero attached hydrogens (tertiary/aromatic N) is 1. The summed E-state index contributed by atoms with van der Waals surface area (Å²) in [5, 5.41) is 2.21. The van der Waals surface area contributed by atoms with Gasteiger partial charge in [-0.05, 0) is 30.3 Å². The molecule has 24 heavy (non-hydrogen) atoms. The van der Waals surface area contributed by atoms with Crippen molar-refractivity contribution < 1.29 is 14.4 Å². The van der Waals surface area contributed by atoms with Crippen LogP contribution >= 0.6 is 0 Å². The molecule has 0 radical (unpaired) electrons. The van der Waals surface area contributed by atoms with Crippen LogP contribution in [0.15, 0.2) is 73.1 Å². The van der Waals surface area contributed by atoms with Crippen LogP contribution in [0.2, 0.25) is 0 Å². The zero-order chi connectivity index (χ0) is 16.6. The Morgan fingerprint density at radius 1 is 0.833 bits per heavy atom. The van der Waals surface area contributed by atoms with Gasteiger partial charge in [0.05, 0.1) is 0 Å². The third-order valence-corrected chi connectivity index (χ3v) is 3.81. The predicted octanol–water partition coefficient (Wildman–Crippen LogP) is 3.06. The van der Waals surface area contributed by atoms with E-state index in [4.69, 9.17) is 4.74 Å². The summed E-state index contributed by atoms with van der Waals surface area (Å²) in [6.07, 6.45) is 3.60. The largest absolute Gasteiger partial charge is 0.488 e. The van der Waals surface area contributed by atoms with Crippen LogP contribution in [0.1, 0.15) is 16.7 Å². The lowest BCUT2D eigenvalue weighted by atomic mass is 10.2. The van der Waals surface area contributed by atoms with Gasteiger partial charge >= 0.3 is 0 Å². The quantitative estimate of drug-likeness (QED) is 0.726. The van der Waals surface area contributed by atoms with Crippen molar-refractivity contribution in [2.45, 2.75) is 19.7 Å². The van der Waals surface area contributed by atoms with Gasteiger partial charge in [0.15, 0.2) is 0 Å². The minimum absolute atomic E-state index is 0.230. The first-order chi connectivity index (χ1) is 11.8. The summed E-state index contributed by atoms with van der Waals surface area (Å²) >= 11 is 0. The zero-order valence-corrected chi connectivity index (χ0v) is 13.4.